The highest BCUT2D eigenvalue weighted by molar-refractivity contribution is 8.00. The number of rotatable bonds is 6. The third kappa shape index (κ3) is 5.58. The molecule has 1 aliphatic rings. The van der Waals surface area contributed by atoms with Crippen molar-refractivity contribution >= 4 is 35.0 Å². The molecule has 0 spiro atoms. The number of thiazole rings is 1. The number of hydrogen-bond acceptors (Lipinski definition) is 6. The number of ether oxygens (including phenoxy) is 1. The van der Waals surface area contributed by atoms with Gasteiger partial charge in [0, 0.05) is 29.9 Å². The quantitative estimate of drug-likeness (QED) is 0.503. The van der Waals surface area contributed by atoms with Crippen LogP contribution in [0.2, 0.25) is 0 Å². The van der Waals surface area contributed by atoms with Crippen molar-refractivity contribution in [2.45, 2.75) is 55.7 Å². The Morgan fingerprint density at radius 2 is 1.93 bits per heavy atom. The first-order chi connectivity index (χ1) is 13.5. The fourth-order valence-corrected chi connectivity index (χ4v) is 5.06. The van der Waals surface area contributed by atoms with E-state index in [2.05, 4.69) is 4.98 Å². The zero-order chi connectivity index (χ0) is 19.9. The summed E-state index contributed by atoms with van der Waals surface area (Å²) >= 11 is 3.20. The van der Waals surface area contributed by atoms with Gasteiger partial charge < -0.3 is 9.64 Å². The monoisotopic (exact) mass is 418 g/mol. The Labute approximate surface area is 174 Å². The van der Waals surface area contributed by atoms with Crippen LogP contribution in [0.3, 0.4) is 0 Å². The highest BCUT2D eigenvalue weighted by Gasteiger charge is 2.25. The van der Waals surface area contributed by atoms with Crippen LogP contribution in [-0.2, 0) is 15.3 Å². The molecule has 7 heteroatoms. The molecule has 28 heavy (non-hydrogen) atoms. The van der Waals surface area contributed by atoms with Crippen molar-refractivity contribution in [1.29, 1.82) is 0 Å². The Morgan fingerprint density at radius 3 is 2.61 bits per heavy atom. The molecule has 2 aromatic rings. The third-order valence-corrected chi connectivity index (χ3v) is 6.92. The molecule has 150 valence electrons. The number of likely N-dealkylation sites (tertiary alicyclic amines) is 1. The van der Waals surface area contributed by atoms with Gasteiger partial charge in [0.2, 0.25) is 0 Å². The molecule has 1 amide bonds. The van der Waals surface area contributed by atoms with Crippen molar-refractivity contribution in [3.8, 4) is 0 Å². The first-order valence-corrected chi connectivity index (χ1v) is 11.5. The van der Waals surface area contributed by atoms with Crippen molar-refractivity contribution in [3.05, 3.63) is 46.5 Å². The number of esters is 1. The maximum atomic E-state index is 12.7. The predicted octanol–water partition coefficient (Wildman–Crippen LogP) is 4.69. The largest absolute Gasteiger partial charge is 0.449 e. The maximum absolute atomic E-state index is 12.7. The van der Waals surface area contributed by atoms with Crippen LogP contribution in [-0.4, -0.2) is 41.0 Å². The van der Waals surface area contributed by atoms with Gasteiger partial charge in [-0.3, -0.25) is 4.79 Å². The van der Waals surface area contributed by atoms with Gasteiger partial charge in [0.1, 0.15) is 4.34 Å². The van der Waals surface area contributed by atoms with Gasteiger partial charge in [0.05, 0.1) is 5.56 Å². The summed E-state index contributed by atoms with van der Waals surface area (Å²) in [5.41, 5.74) is 2.40. The lowest BCUT2D eigenvalue weighted by Crippen LogP contribution is -2.40. The van der Waals surface area contributed by atoms with Crippen LogP contribution in [0.4, 0.5) is 0 Å². The summed E-state index contributed by atoms with van der Waals surface area (Å²) in [7, 11) is 0. The van der Waals surface area contributed by atoms with E-state index in [-0.39, 0.29) is 5.91 Å². The molecule has 0 aliphatic carbocycles. The number of aromatic nitrogens is 1. The van der Waals surface area contributed by atoms with Crippen LogP contribution in [0.5, 0.6) is 0 Å². The van der Waals surface area contributed by atoms with Gasteiger partial charge in [-0.25, -0.2) is 9.78 Å². The molecule has 1 atom stereocenters. The van der Waals surface area contributed by atoms with Crippen molar-refractivity contribution in [3.63, 3.8) is 0 Å². The zero-order valence-corrected chi connectivity index (χ0v) is 18.0. The molecule has 1 fully saturated rings. The van der Waals surface area contributed by atoms with E-state index in [1.165, 1.54) is 0 Å². The molecule has 0 radical (unpaired) electrons. The molecule has 1 aromatic carbocycles. The van der Waals surface area contributed by atoms with E-state index in [9.17, 15) is 9.59 Å². The topological polar surface area (TPSA) is 59.5 Å². The van der Waals surface area contributed by atoms with Crippen LogP contribution in [0, 0.1) is 6.92 Å². The van der Waals surface area contributed by atoms with E-state index >= 15 is 0 Å². The number of amides is 1. The summed E-state index contributed by atoms with van der Waals surface area (Å²) in [5, 5.41) is 2.01. The minimum absolute atomic E-state index is 0.0969. The molecule has 0 unspecified atom stereocenters. The smallest absolute Gasteiger partial charge is 0.339 e. The highest BCUT2D eigenvalue weighted by Crippen LogP contribution is 2.27. The number of carbonyl (C=O) groups excluding carboxylic acids is 2. The normalized spacial score (nSPS) is 15.7. The fraction of sp³-hybridized carbons (Fsp3) is 0.476. The van der Waals surface area contributed by atoms with Gasteiger partial charge in [-0.2, -0.15) is 0 Å². The van der Waals surface area contributed by atoms with E-state index in [0.29, 0.717) is 11.3 Å². The zero-order valence-electron chi connectivity index (χ0n) is 16.3. The standard InChI is InChI=1S/C21H26N2O3S2/c1-15-13-27-21(22-15)28-14-17-9-5-6-10-18(17)20(25)26-16(2)19(24)23-11-7-3-4-8-12-23/h5-6,9-10,13,16H,3-4,7-8,11-12,14H2,1-2H3/t16-/m0/s1. The van der Waals surface area contributed by atoms with Gasteiger partial charge in [0.15, 0.2) is 6.10 Å². The number of nitrogens with zero attached hydrogens (tertiary/aromatic N) is 2. The van der Waals surface area contributed by atoms with E-state index in [0.717, 1.165) is 54.4 Å². The lowest BCUT2D eigenvalue weighted by Gasteiger charge is -2.24. The van der Waals surface area contributed by atoms with E-state index in [1.54, 1.807) is 36.1 Å². The van der Waals surface area contributed by atoms with E-state index < -0.39 is 12.1 Å². The molecular formula is C21H26N2O3S2. The van der Waals surface area contributed by atoms with Crippen molar-refractivity contribution in [2.75, 3.05) is 13.1 Å². The average molecular weight is 419 g/mol. The number of hydrogen-bond donors (Lipinski definition) is 0. The summed E-state index contributed by atoms with van der Waals surface area (Å²) < 4.78 is 6.51. The molecule has 1 aromatic heterocycles. The molecule has 1 saturated heterocycles. The SMILES string of the molecule is Cc1csc(SCc2ccccc2C(=O)O[C@@H](C)C(=O)N2CCCCCC2)n1. The third-order valence-electron chi connectivity index (χ3n) is 4.74. The second kappa shape index (κ2) is 10.1. The van der Waals surface area contributed by atoms with E-state index in [1.807, 2.05) is 35.4 Å². The first kappa shape index (κ1) is 20.9. The van der Waals surface area contributed by atoms with Gasteiger partial charge in [0.25, 0.3) is 5.91 Å². The van der Waals surface area contributed by atoms with Crippen LogP contribution in [0.25, 0.3) is 0 Å². The average Bonchev–Trinajstić information content (AvgIpc) is 2.94. The second-order valence-electron chi connectivity index (χ2n) is 6.99. The Hall–Kier alpha value is -1.86. The number of carbonyl (C=O) groups is 2. The predicted molar refractivity (Wildman–Crippen MR) is 113 cm³/mol. The maximum Gasteiger partial charge on any atom is 0.339 e. The minimum Gasteiger partial charge on any atom is -0.449 e. The summed E-state index contributed by atoms with van der Waals surface area (Å²) in [6, 6.07) is 7.41. The molecule has 5 nitrogen and oxygen atoms in total. The van der Waals surface area contributed by atoms with Crippen LogP contribution < -0.4 is 0 Å². The lowest BCUT2D eigenvalue weighted by atomic mass is 10.1. The summed E-state index contributed by atoms with van der Waals surface area (Å²) in [5.74, 6) is 0.0923. The van der Waals surface area contributed by atoms with Gasteiger partial charge >= 0.3 is 5.97 Å². The van der Waals surface area contributed by atoms with Crippen molar-refractivity contribution < 1.29 is 14.3 Å². The molecule has 0 saturated carbocycles. The van der Waals surface area contributed by atoms with Crippen LogP contribution >= 0.6 is 23.1 Å². The summed E-state index contributed by atoms with van der Waals surface area (Å²) in [6.07, 6.45) is 3.57. The first-order valence-electron chi connectivity index (χ1n) is 9.67. The molecule has 0 bridgehead atoms. The Kier molecular flexibility index (Phi) is 7.50. The van der Waals surface area contributed by atoms with Gasteiger partial charge in [-0.1, -0.05) is 42.8 Å². The second-order valence-corrected chi connectivity index (χ2v) is 9.07. The molecule has 3 rings (SSSR count). The Balaban J connectivity index is 1.62. The van der Waals surface area contributed by atoms with Crippen LogP contribution in [0.15, 0.2) is 34.0 Å². The number of thioether (sulfide) groups is 1. The Morgan fingerprint density at radius 1 is 1.21 bits per heavy atom. The number of benzene rings is 1. The molecule has 0 N–H and O–H groups in total. The minimum atomic E-state index is -0.770. The molecular weight excluding hydrogens is 392 g/mol. The van der Waals surface area contributed by atoms with Gasteiger partial charge in [-0.15, -0.1) is 11.3 Å². The van der Waals surface area contributed by atoms with Crippen molar-refractivity contribution in [1.82, 2.24) is 9.88 Å². The fourth-order valence-electron chi connectivity index (χ4n) is 3.21. The van der Waals surface area contributed by atoms with Crippen LogP contribution in [0.1, 0.15) is 54.2 Å². The lowest BCUT2D eigenvalue weighted by molar-refractivity contribution is -0.139. The molecule has 1 aliphatic heterocycles. The highest BCUT2D eigenvalue weighted by atomic mass is 32.2. The Bertz CT molecular complexity index is 813. The number of aryl methyl sites for hydroxylation is 1. The van der Waals surface area contributed by atoms with Gasteiger partial charge in [-0.05, 0) is 38.3 Å². The van der Waals surface area contributed by atoms with Crippen molar-refractivity contribution in [2.24, 2.45) is 0 Å². The summed E-state index contributed by atoms with van der Waals surface area (Å²) in [4.78, 5) is 31.7. The molecule has 2 heterocycles. The summed E-state index contributed by atoms with van der Waals surface area (Å²) in [6.45, 7) is 5.14. The van der Waals surface area contributed by atoms with E-state index in [4.69, 9.17) is 4.74 Å².